The van der Waals surface area contributed by atoms with Gasteiger partial charge in [0, 0.05) is 19.1 Å². The molecule has 1 saturated heterocycles. The third kappa shape index (κ3) is 4.30. The van der Waals surface area contributed by atoms with Crippen molar-refractivity contribution < 1.29 is 23.9 Å². The number of rotatable bonds is 5. The molecule has 0 radical (unpaired) electrons. The smallest absolute Gasteiger partial charge is 0.409 e. The lowest BCUT2D eigenvalue weighted by molar-refractivity contribution is -0.153. The van der Waals surface area contributed by atoms with Crippen molar-refractivity contribution in [2.24, 2.45) is 23.7 Å². The molecule has 1 aliphatic heterocycles. The Hall–Kier alpha value is -2.57. The highest BCUT2D eigenvalue weighted by molar-refractivity contribution is 5.82. The van der Waals surface area contributed by atoms with Crippen LogP contribution < -0.4 is 5.32 Å². The highest BCUT2D eigenvalue weighted by atomic mass is 16.5. The van der Waals surface area contributed by atoms with E-state index in [0.717, 1.165) is 37.7 Å². The molecule has 5 atom stereocenters. The number of hydrogen-bond acceptors (Lipinski definition) is 5. The molecule has 7 nitrogen and oxygen atoms in total. The number of ether oxygens (including phenoxy) is 2. The van der Waals surface area contributed by atoms with Crippen LogP contribution in [0.3, 0.4) is 0 Å². The minimum atomic E-state index is -0.394. The van der Waals surface area contributed by atoms with E-state index in [1.165, 1.54) is 7.11 Å². The van der Waals surface area contributed by atoms with Crippen LogP contribution in [0.5, 0.6) is 0 Å². The van der Waals surface area contributed by atoms with Crippen molar-refractivity contribution in [2.75, 3.05) is 20.2 Å². The molecule has 7 heteroatoms. The number of methoxy groups -OCH3 is 1. The minimum absolute atomic E-state index is 0.0676. The van der Waals surface area contributed by atoms with Gasteiger partial charge in [-0.15, -0.1) is 0 Å². The number of likely N-dealkylation sites (tertiary alicyclic amines) is 1. The Morgan fingerprint density at radius 2 is 1.87 bits per heavy atom. The standard InChI is InChI=1S/C23H30N2O5/c1-29-23(28)25-11-5-8-18(13-25)21(26)24-20-17-10-9-16(12-17)19(20)22(27)30-14-15-6-3-2-4-7-15/h2-4,6-7,16-20H,5,8-14H2,1H3,(H,24,26)/t16-,17-,18-,19+,20-/m0/s1. The largest absolute Gasteiger partial charge is 0.461 e. The number of fused-ring (bicyclic) bond motifs is 2. The highest BCUT2D eigenvalue weighted by Gasteiger charge is 2.52. The second-order valence-electron chi connectivity index (χ2n) is 8.74. The molecule has 1 aromatic rings. The molecule has 162 valence electrons. The Morgan fingerprint density at radius 3 is 2.63 bits per heavy atom. The van der Waals surface area contributed by atoms with Gasteiger partial charge in [-0.1, -0.05) is 30.3 Å². The molecule has 1 N–H and O–H groups in total. The van der Waals surface area contributed by atoms with E-state index in [0.29, 0.717) is 19.0 Å². The van der Waals surface area contributed by atoms with E-state index < -0.39 is 6.09 Å². The van der Waals surface area contributed by atoms with Gasteiger partial charge in [0.1, 0.15) is 6.61 Å². The molecular formula is C23H30N2O5. The van der Waals surface area contributed by atoms with Gasteiger partial charge in [0.2, 0.25) is 5.91 Å². The molecule has 2 bridgehead atoms. The van der Waals surface area contributed by atoms with Crippen molar-refractivity contribution >= 4 is 18.0 Å². The maximum absolute atomic E-state index is 13.0. The van der Waals surface area contributed by atoms with Gasteiger partial charge < -0.3 is 19.7 Å². The molecular weight excluding hydrogens is 384 g/mol. The summed E-state index contributed by atoms with van der Waals surface area (Å²) in [6.07, 6.45) is 4.14. The van der Waals surface area contributed by atoms with Crippen LogP contribution in [0, 0.1) is 23.7 Å². The predicted molar refractivity (Wildman–Crippen MR) is 109 cm³/mol. The molecule has 2 amide bonds. The van der Waals surface area contributed by atoms with Crippen LogP contribution in [0.25, 0.3) is 0 Å². The predicted octanol–water partition coefficient (Wildman–Crippen LogP) is 2.74. The summed E-state index contributed by atoms with van der Waals surface area (Å²) in [5.41, 5.74) is 0.958. The van der Waals surface area contributed by atoms with E-state index in [1.54, 1.807) is 4.90 Å². The van der Waals surface area contributed by atoms with Crippen molar-refractivity contribution in [1.82, 2.24) is 10.2 Å². The first kappa shape index (κ1) is 20.7. The van der Waals surface area contributed by atoms with Crippen molar-refractivity contribution in [3.05, 3.63) is 35.9 Å². The Labute approximate surface area is 177 Å². The molecule has 0 aromatic heterocycles. The number of piperidine rings is 1. The van der Waals surface area contributed by atoms with E-state index in [9.17, 15) is 14.4 Å². The van der Waals surface area contributed by atoms with Gasteiger partial charge in [-0.25, -0.2) is 4.79 Å². The zero-order valence-electron chi connectivity index (χ0n) is 17.4. The maximum atomic E-state index is 13.0. The Morgan fingerprint density at radius 1 is 1.10 bits per heavy atom. The van der Waals surface area contributed by atoms with Gasteiger partial charge >= 0.3 is 12.1 Å². The molecule has 4 rings (SSSR count). The number of hydrogen-bond donors (Lipinski definition) is 1. The van der Waals surface area contributed by atoms with Gasteiger partial charge in [-0.2, -0.15) is 0 Å². The second kappa shape index (κ2) is 9.06. The third-order valence-corrected chi connectivity index (χ3v) is 6.95. The molecule has 30 heavy (non-hydrogen) atoms. The first-order chi connectivity index (χ1) is 14.6. The Balaban J connectivity index is 1.37. The van der Waals surface area contributed by atoms with Crippen LogP contribution in [0.4, 0.5) is 4.79 Å². The molecule has 2 aliphatic carbocycles. The average molecular weight is 415 g/mol. The normalized spacial score (nSPS) is 30.0. The molecule has 3 aliphatic rings. The van der Waals surface area contributed by atoms with Crippen molar-refractivity contribution in [3.8, 4) is 0 Å². The number of nitrogens with zero attached hydrogens (tertiary/aromatic N) is 1. The van der Waals surface area contributed by atoms with Gasteiger partial charge in [0.15, 0.2) is 0 Å². The fourth-order valence-electron chi connectivity index (χ4n) is 5.43. The number of carbonyl (C=O) groups is 3. The lowest BCUT2D eigenvalue weighted by Crippen LogP contribution is -2.52. The number of carbonyl (C=O) groups excluding carboxylic acids is 3. The van der Waals surface area contributed by atoms with Gasteiger partial charge in [-0.3, -0.25) is 9.59 Å². The summed E-state index contributed by atoms with van der Waals surface area (Å²) in [5, 5.41) is 3.17. The van der Waals surface area contributed by atoms with E-state index in [2.05, 4.69) is 5.32 Å². The lowest BCUT2D eigenvalue weighted by Gasteiger charge is -2.34. The summed E-state index contributed by atoms with van der Waals surface area (Å²) in [6, 6.07) is 9.47. The number of amides is 2. The highest BCUT2D eigenvalue weighted by Crippen LogP contribution is 2.49. The summed E-state index contributed by atoms with van der Waals surface area (Å²) in [4.78, 5) is 39.3. The Kier molecular flexibility index (Phi) is 6.25. The van der Waals surface area contributed by atoms with Crippen LogP contribution in [0.1, 0.15) is 37.7 Å². The monoisotopic (exact) mass is 414 g/mol. The lowest BCUT2D eigenvalue weighted by atomic mass is 9.84. The first-order valence-electron chi connectivity index (χ1n) is 10.9. The molecule has 1 aromatic carbocycles. The first-order valence-corrected chi connectivity index (χ1v) is 10.9. The van der Waals surface area contributed by atoms with Gasteiger partial charge in [-0.05, 0) is 49.5 Å². The summed E-state index contributed by atoms with van der Waals surface area (Å²) in [5.74, 6) is -0.220. The number of benzene rings is 1. The molecule has 0 spiro atoms. The fraction of sp³-hybridized carbons (Fsp3) is 0.609. The number of nitrogens with one attached hydrogen (secondary N) is 1. The average Bonchev–Trinajstić information content (AvgIpc) is 3.39. The van der Waals surface area contributed by atoms with E-state index in [-0.39, 0.29) is 42.3 Å². The van der Waals surface area contributed by atoms with Crippen LogP contribution >= 0.6 is 0 Å². The summed E-state index contributed by atoms with van der Waals surface area (Å²) in [6.45, 7) is 1.23. The van der Waals surface area contributed by atoms with Crippen LogP contribution in [0.15, 0.2) is 30.3 Å². The fourth-order valence-corrected chi connectivity index (χ4v) is 5.43. The van der Waals surface area contributed by atoms with Crippen molar-refractivity contribution in [3.63, 3.8) is 0 Å². The quantitative estimate of drug-likeness (QED) is 0.749. The van der Waals surface area contributed by atoms with Gasteiger partial charge in [0.25, 0.3) is 0 Å². The van der Waals surface area contributed by atoms with E-state index in [1.807, 2.05) is 30.3 Å². The van der Waals surface area contributed by atoms with Crippen LogP contribution in [-0.2, 0) is 25.7 Å². The SMILES string of the molecule is COC(=O)N1CCC[C@H](C(=O)N[C@H]2[C@H]3CC[C@@H](C3)[C@H]2C(=O)OCc2ccccc2)C1. The van der Waals surface area contributed by atoms with Crippen molar-refractivity contribution in [2.45, 2.75) is 44.8 Å². The van der Waals surface area contributed by atoms with Crippen LogP contribution in [0.2, 0.25) is 0 Å². The minimum Gasteiger partial charge on any atom is -0.461 e. The summed E-state index contributed by atoms with van der Waals surface area (Å²) >= 11 is 0. The maximum Gasteiger partial charge on any atom is 0.409 e. The topological polar surface area (TPSA) is 84.9 Å². The van der Waals surface area contributed by atoms with Crippen molar-refractivity contribution in [1.29, 1.82) is 0 Å². The summed E-state index contributed by atoms with van der Waals surface area (Å²) in [7, 11) is 1.35. The zero-order valence-corrected chi connectivity index (χ0v) is 17.4. The van der Waals surface area contributed by atoms with Crippen LogP contribution in [-0.4, -0.2) is 49.1 Å². The molecule has 0 unspecified atom stereocenters. The third-order valence-electron chi connectivity index (χ3n) is 6.95. The second-order valence-corrected chi connectivity index (χ2v) is 8.74. The zero-order chi connectivity index (χ0) is 21.1. The van der Waals surface area contributed by atoms with E-state index in [4.69, 9.17) is 9.47 Å². The molecule has 3 fully saturated rings. The van der Waals surface area contributed by atoms with Gasteiger partial charge in [0.05, 0.1) is 18.9 Å². The van der Waals surface area contributed by atoms with E-state index >= 15 is 0 Å². The molecule has 2 saturated carbocycles. The summed E-state index contributed by atoms with van der Waals surface area (Å²) < 4.78 is 10.4. The Bertz CT molecular complexity index is 783. The number of esters is 1. The molecule has 1 heterocycles.